The molecule has 2 aliphatic carbocycles. The molecule has 0 bridgehead atoms. The van der Waals surface area contributed by atoms with Gasteiger partial charge in [-0.1, -0.05) is 36.2 Å². The van der Waals surface area contributed by atoms with Crippen molar-refractivity contribution in [3.8, 4) is 0 Å². The lowest BCUT2D eigenvalue weighted by atomic mass is 9.75. The molecule has 0 radical (unpaired) electrons. The number of aliphatic hydroxyl groups is 1. The maximum absolute atomic E-state index is 9.36. The third-order valence-corrected chi connectivity index (χ3v) is 5.03. The van der Waals surface area contributed by atoms with Crippen molar-refractivity contribution in [3.63, 3.8) is 0 Å². The monoisotopic (exact) mass is 259 g/mol. The highest BCUT2D eigenvalue weighted by Gasteiger charge is 2.34. The molecule has 2 unspecified atom stereocenters. The normalized spacial score (nSPS) is 34.2. The number of aliphatic hydroxyl groups excluding tert-OH is 1. The van der Waals surface area contributed by atoms with Crippen molar-refractivity contribution in [1.82, 2.24) is 5.32 Å². The van der Waals surface area contributed by atoms with Crippen LogP contribution in [0.3, 0.4) is 0 Å². The van der Waals surface area contributed by atoms with Gasteiger partial charge in [0.2, 0.25) is 0 Å². The summed E-state index contributed by atoms with van der Waals surface area (Å²) in [6.45, 7) is 2.50. The van der Waals surface area contributed by atoms with E-state index in [1.807, 2.05) is 0 Å². The number of benzene rings is 1. The van der Waals surface area contributed by atoms with Crippen molar-refractivity contribution in [2.75, 3.05) is 6.61 Å². The fourth-order valence-corrected chi connectivity index (χ4v) is 3.64. The van der Waals surface area contributed by atoms with Crippen LogP contribution in [0.5, 0.6) is 0 Å². The summed E-state index contributed by atoms with van der Waals surface area (Å²) in [6.07, 6.45) is 6.24. The molecule has 0 saturated heterocycles. The molecule has 2 heteroatoms. The van der Waals surface area contributed by atoms with E-state index in [2.05, 4.69) is 36.5 Å². The van der Waals surface area contributed by atoms with Gasteiger partial charge in [-0.3, -0.25) is 0 Å². The van der Waals surface area contributed by atoms with Gasteiger partial charge in [0.25, 0.3) is 0 Å². The van der Waals surface area contributed by atoms with Gasteiger partial charge in [0.15, 0.2) is 0 Å². The molecule has 2 N–H and O–H groups in total. The molecule has 104 valence electrons. The highest BCUT2D eigenvalue weighted by molar-refractivity contribution is 5.26. The van der Waals surface area contributed by atoms with Crippen LogP contribution in [0.15, 0.2) is 24.3 Å². The Balaban J connectivity index is 1.49. The first-order valence-electron chi connectivity index (χ1n) is 7.69. The van der Waals surface area contributed by atoms with E-state index < -0.39 is 0 Å². The van der Waals surface area contributed by atoms with Crippen molar-refractivity contribution in [3.05, 3.63) is 35.4 Å². The third kappa shape index (κ3) is 2.85. The minimum absolute atomic E-state index is 0.353. The van der Waals surface area contributed by atoms with Crippen LogP contribution in [0.4, 0.5) is 0 Å². The van der Waals surface area contributed by atoms with Gasteiger partial charge in [-0.2, -0.15) is 0 Å². The minimum atomic E-state index is 0.353. The van der Waals surface area contributed by atoms with Gasteiger partial charge < -0.3 is 10.4 Å². The molecule has 2 atom stereocenters. The fraction of sp³-hybridized carbons (Fsp3) is 0.647. The van der Waals surface area contributed by atoms with Crippen LogP contribution in [0.1, 0.15) is 49.1 Å². The molecule has 2 saturated carbocycles. The minimum Gasteiger partial charge on any atom is -0.396 e. The highest BCUT2D eigenvalue weighted by atomic mass is 16.3. The van der Waals surface area contributed by atoms with E-state index in [1.54, 1.807) is 0 Å². The summed E-state index contributed by atoms with van der Waals surface area (Å²) in [5.41, 5.74) is 2.84. The average Bonchev–Trinajstić information content (AvgIpc) is 2.82. The van der Waals surface area contributed by atoms with E-state index in [0.717, 1.165) is 5.92 Å². The summed E-state index contributed by atoms with van der Waals surface area (Å²) in [4.78, 5) is 0. The van der Waals surface area contributed by atoms with Gasteiger partial charge in [0.1, 0.15) is 0 Å². The lowest BCUT2D eigenvalue weighted by molar-refractivity contribution is 0.179. The molecule has 0 heterocycles. The molecule has 19 heavy (non-hydrogen) atoms. The largest absolute Gasteiger partial charge is 0.396 e. The van der Waals surface area contributed by atoms with E-state index >= 15 is 0 Å². The van der Waals surface area contributed by atoms with Crippen LogP contribution in [0.2, 0.25) is 0 Å². The molecule has 2 nitrogen and oxygen atoms in total. The van der Waals surface area contributed by atoms with E-state index in [1.165, 1.54) is 43.2 Å². The second kappa shape index (κ2) is 5.64. The molecule has 0 amide bonds. The maximum Gasteiger partial charge on any atom is 0.0474 e. The summed E-state index contributed by atoms with van der Waals surface area (Å²) in [6, 6.07) is 10.2. The highest BCUT2D eigenvalue weighted by Crippen LogP contribution is 2.38. The zero-order chi connectivity index (χ0) is 13.2. The second-order valence-corrected chi connectivity index (χ2v) is 6.42. The number of rotatable bonds is 4. The molecule has 2 fully saturated rings. The second-order valence-electron chi connectivity index (χ2n) is 6.42. The molecule has 3 rings (SSSR count). The predicted octanol–water partition coefficient (Wildman–Crippen LogP) is 2.99. The summed E-state index contributed by atoms with van der Waals surface area (Å²) >= 11 is 0. The van der Waals surface area contributed by atoms with Crippen LogP contribution < -0.4 is 5.32 Å². The molecular weight excluding hydrogens is 234 g/mol. The Morgan fingerprint density at radius 3 is 2.58 bits per heavy atom. The van der Waals surface area contributed by atoms with Crippen molar-refractivity contribution in [2.24, 2.45) is 5.92 Å². The summed E-state index contributed by atoms with van der Waals surface area (Å²) in [7, 11) is 0. The summed E-state index contributed by atoms with van der Waals surface area (Å²) < 4.78 is 0. The van der Waals surface area contributed by atoms with Gasteiger partial charge in [0, 0.05) is 18.7 Å². The third-order valence-electron chi connectivity index (χ3n) is 5.03. The van der Waals surface area contributed by atoms with Crippen molar-refractivity contribution < 1.29 is 5.11 Å². The summed E-state index contributed by atoms with van der Waals surface area (Å²) in [5, 5.41) is 13.1. The summed E-state index contributed by atoms with van der Waals surface area (Å²) in [5.74, 6) is 1.24. The molecule has 2 aliphatic rings. The SMILES string of the molecule is Cc1ccc(C2CC(NC3CCCC3CO)C2)cc1. The first-order chi connectivity index (χ1) is 9.26. The zero-order valence-electron chi connectivity index (χ0n) is 11.8. The van der Waals surface area contributed by atoms with Gasteiger partial charge in [-0.25, -0.2) is 0 Å². The Bertz CT molecular complexity index is 408. The van der Waals surface area contributed by atoms with E-state index in [9.17, 15) is 5.11 Å². The van der Waals surface area contributed by atoms with Gasteiger partial charge in [0.05, 0.1) is 0 Å². The first kappa shape index (κ1) is 13.1. The van der Waals surface area contributed by atoms with E-state index in [-0.39, 0.29) is 0 Å². The Hall–Kier alpha value is -0.860. The van der Waals surface area contributed by atoms with Crippen molar-refractivity contribution in [2.45, 2.75) is 57.0 Å². The number of hydrogen-bond acceptors (Lipinski definition) is 2. The molecule has 0 aromatic heterocycles. The Morgan fingerprint density at radius 2 is 1.89 bits per heavy atom. The van der Waals surface area contributed by atoms with Crippen molar-refractivity contribution >= 4 is 0 Å². The van der Waals surface area contributed by atoms with Gasteiger partial charge >= 0.3 is 0 Å². The standard InChI is InChI=1S/C17H25NO/c1-12-5-7-13(8-6-12)15-9-16(10-15)18-17-4-2-3-14(17)11-19/h5-8,14-19H,2-4,9-11H2,1H3. The van der Waals surface area contributed by atoms with E-state index in [0.29, 0.717) is 24.6 Å². The topological polar surface area (TPSA) is 32.3 Å². The van der Waals surface area contributed by atoms with Crippen LogP contribution in [0, 0.1) is 12.8 Å². The van der Waals surface area contributed by atoms with Crippen LogP contribution in [-0.4, -0.2) is 23.8 Å². The molecule has 1 aromatic carbocycles. The maximum atomic E-state index is 9.36. The lowest BCUT2D eigenvalue weighted by Crippen LogP contribution is -2.47. The average molecular weight is 259 g/mol. The quantitative estimate of drug-likeness (QED) is 0.871. The van der Waals surface area contributed by atoms with Crippen molar-refractivity contribution in [1.29, 1.82) is 0 Å². The zero-order valence-corrected chi connectivity index (χ0v) is 11.8. The number of hydrogen-bond donors (Lipinski definition) is 2. The Morgan fingerprint density at radius 1 is 1.16 bits per heavy atom. The van der Waals surface area contributed by atoms with Gasteiger partial charge in [-0.05, 0) is 50.0 Å². The van der Waals surface area contributed by atoms with Gasteiger partial charge in [-0.15, -0.1) is 0 Å². The first-order valence-corrected chi connectivity index (χ1v) is 7.69. The molecule has 0 aliphatic heterocycles. The van der Waals surface area contributed by atoms with Crippen LogP contribution in [0.25, 0.3) is 0 Å². The van der Waals surface area contributed by atoms with Crippen LogP contribution >= 0.6 is 0 Å². The number of nitrogens with one attached hydrogen (secondary N) is 1. The molecule has 0 spiro atoms. The predicted molar refractivity (Wildman–Crippen MR) is 78.3 cm³/mol. The Kier molecular flexibility index (Phi) is 3.90. The smallest absolute Gasteiger partial charge is 0.0474 e. The fourth-order valence-electron chi connectivity index (χ4n) is 3.64. The van der Waals surface area contributed by atoms with Crippen LogP contribution in [-0.2, 0) is 0 Å². The Labute approximate surface area is 116 Å². The lowest BCUT2D eigenvalue weighted by Gasteiger charge is -2.39. The molecular formula is C17H25NO. The number of aryl methyl sites for hydroxylation is 1. The van der Waals surface area contributed by atoms with E-state index in [4.69, 9.17) is 0 Å². The molecule has 1 aromatic rings.